The van der Waals surface area contributed by atoms with Gasteiger partial charge in [-0.05, 0) is 22.0 Å². The largest absolute Gasteiger partial charge is 0.336 e. The van der Waals surface area contributed by atoms with Crippen LogP contribution in [0.1, 0.15) is 0 Å². The number of anilines is 2. The van der Waals surface area contributed by atoms with Gasteiger partial charge >= 0.3 is 0 Å². The van der Waals surface area contributed by atoms with Crippen molar-refractivity contribution in [3.63, 3.8) is 0 Å². The number of nitrogens with one attached hydrogen (secondary N) is 1. The fourth-order valence-corrected chi connectivity index (χ4v) is 1.89. The third-order valence-corrected chi connectivity index (χ3v) is 3.56. The Bertz CT molecular complexity index is 587. The lowest BCUT2D eigenvalue weighted by Gasteiger charge is -2.10. The first kappa shape index (κ1) is 13.5. The molecule has 2 aromatic rings. The van der Waals surface area contributed by atoms with Crippen LogP contribution < -0.4 is 5.32 Å². The van der Waals surface area contributed by atoms with Crippen molar-refractivity contribution in [2.24, 2.45) is 0 Å². The van der Waals surface area contributed by atoms with Crippen molar-refractivity contribution < 1.29 is 8.78 Å². The molecule has 0 aliphatic heterocycles. The third kappa shape index (κ3) is 2.71. The highest BCUT2D eigenvalue weighted by atomic mass is 79.9. The average molecular weight is 355 g/mol. The Morgan fingerprint density at radius 2 is 1.89 bits per heavy atom. The Hall–Kier alpha value is -0.980. The summed E-state index contributed by atoms with van der Waals surface area (Å²) in [5.74, 6) is -1.37. The number of hydrogen-bond acceptors (Lipinski definition) is 3. The molecule has 8 heteroatoms. The van der Waals surface area contributed by atoms with Crippen molar-refractivity contribution in [1.29, 1.82) is 0 Å². The van der Waals surface area contributed by atoms with Gasteiger partial charge in [-0.15, -0.1) is 0 Å². The summed E-state index contributed by atoms with van der Waals surface area (Å²) < 4.78 is 26.8. The molecule has 0 fully saturated rings. The lowest BCUT2D eigenvalue weighted by molar-refractivity contribution is 0.586. The Morgan fingerprint density at radius 1 is 1.17 bits per heavy atom. The van der Waals surface area contributed by atoms with Crippen LogP contribution in [0.2, 0.25) is 10.2 Å². The highest BCUT2D eigenvalue weighted by Gasteiger charge is 2.13. The summed E-state index contributed by atoms with van der Waals surface area (Å²) in [6.45, 7) is 0. The van der Waals surface area contributed by atoms with Crippen molar-refractivity contribution in [1.82, 2.24) is 9.97 Å². The molecule has 94 valence electrons. The van der Waals surface area contributed by atoms with Crippen LogP contribution >= 0.6 is 39.1 Å². The van der Waals surface area contributed by atoms with Crippen LogP contribution in [0, 0.1) is 11.6 Å². The van der Waals surface area contributed by atoms with Gasteiger partial charge in [0.25, 0.3) is 0 Å². The van der Waals surface area contributed by atoms with Crippen molar-refractivity contribution in [2.75, 3.05) is 5.32 Å². The second-order valence-corrected chi connectivity index (χ2v) is 4.75. The Morgan fingerprint density at radius 3 is 2.56 bits per heavy atom. The predicted molar refractivity (Wildman–Crippen MR) is 69.4 cm³/mol. The zero-order valence-electron chi connectivity index (χ0n) is 8.52. The number of benzene rings is 1. The zero-order chi connectivity index (χ0) is 13.3. The van der Waals surface area contributed by atoms with Crippen molar-refractivity contribution >= 4 is 50.6 Å². The van der Waals surface area contributed by atoms with E-state index < -0.39 is 11.6 Å². The van der Waals surface area contributed by atoms with E-state index in [4.69, 9.17) is 23.2 Å². The molecule has 1 aromatic heterocycles. The third-order valence-electron chi connectivity index (χ3n) is 2.00. The van der Waals surface area contributed by atoms with E-state index in [1.54, 1.807) is 0 Å². The predicted octanol–water partition coefficient (Wildman–Crippen LogP) is 4.57. The van der Waals surface area contributed by atoms with Gasteiger partial charge in [0.2, 0.25) is 0 Å². The Kier molecular flexibility index (Phi) is 3.99. The van der Waals surface area contributed by atoms with Gasteiger partial charge in [-0.3, -0.25) is 0 Å². The van der Waals surface area contributed by atoms with Crippen LogP contribution in [0.25, 0.3) is 0 Å². The number of hydrogen-bond donors (Lipinski definition) is 1. The molecule has 0 saturated heterocycles. The van der Waals surface area contributed by atoms with E-state index in [0.717, 1.165) is 6.07 Å². The second-order valence-electron chi connectivity index (χ2n) is 3.20. The standard InChI is InChI=1S/C10H4BrCl2F2N3/c11-7-9(13)16-3-17-10(7)18-8-5(12)1-4(14)2-6(8)15/h1-3H,(H,16,17,18). The van der Waals surface area contributed by atoms with E-state index in [1.165, 1.54) is 6.33 Å². The van der Waals surface area contributed by atoms with Crippen molar-refractivity contribution in [2.45, 2.75) is 0 Å². The van der Waals surface area contributed by atoms with Gasteiger partial charge in [-0.2, -0.15) is 0 Å². The molecule has 3 nitrogen and oxygen atoms in total. The van der Waals surface area contributed by atoms with Crippen LogP contribution in [0.3, 0.4) is 0 Å². The minimum atomic E-state index is -0.832. The molecular formula is C10H4BrCl2F2N3. The Labute approximate surface area is 119 Å². The van der Waals surface area contributed by atoms with Gasteiger partial charge in [0.1, 0.15) is 23.1 Å². The monoisotopic (exact) mass is 353 g/mol. The molecule has 0 saturated carbocycles. The number of aromatic nitrogens is 2. The molecule has 18 heavy (non-hydrogen) atoms. The summed E-state index contributed by atoms with van der Waals surface area (Å²) in [6.07, 6.45) is 1.20. The van der Waals surface area contributed by atoms with Gasteiger partial charge in [0, 0.05) is 6.07 Å². The zero-order valence-corrected chi connectivity index (χ0v) is 11.6. The van der Waals surface area contributed by atoms with Gasteiger partial charge < -0.3 is 5.32 Å². The quantitative estimate of drug-likeness (QED) is 0.803. The van der Waals surface area contributed by atoms with E-state index >= 15 is 0 Å². The first-order chi connectivity index (χ1) is 8.49. The van der Waals surface area contributed by atoms with Crippen LogP contribution in [0.4, 0.5) is 20.3 Å². The molecule has 0 bridgehead atoms. The maximum Gasteiger partial charge on any atom is 0.151 e. The SMILES string of the molecule is Fc1cc(F)c(Nc2ncnc(Cl)c2Br)c(Cl)c1. The maximum absolute atomic E-state index is 13.6. The summed E-state index contributed by atoms with van der Waals surface area (Å²) in [4.78, 5) is 7.59. The molecular weight excluding hydrogens is 351 g/mol. The van der Waals surface area contributed by atoms with E-state index in [-0.39, 0.29) is 21.7 Å². The summed E-state index contributed by atoms with van der Waals surface area (Å²) >= 11 is 14.6. The van der Waals surface area contributed by atoms with E-state index in [0.29, 0.717) is 10.5 Å². The maximum atomic E-state index is 13.6. The van der Waals surface area contributed by atoms with Crippen molar-refractivity contribution in [3.05, 3.63) is 44.7 Å². The fraction of sp³-hybridized carbons (Fsp3) is 0. The lowest BCUT2D eigenvalue weighted by Crippen LogP contribution is -2.00. The van der Waals surface area contributed by atoms with Crippen LogP contribution in [-0.2, 0) is 0 Å². The Balaban J connectivity index is 2.43. The fourth-order valence-electron chi connectivity index (χ4n) is 1.22. The molecule has 2 rings (SSSR count). The highest BCUT2D eigenvalue weighted by molar-refractivity contribution is 9.10. The molecule has 0 radical (unpaired) electrons. The summed E-state index contributed by atoms with van der Waals surface area (Å²) in [7, 11) is 0. The first-order valence-corrected chi connectivity index (χ1v) is 6.11. The molecule has 0 amide bonds. The normalized spacial score (nSPS) is 10.5. The summed E-state index contributed by atoms with van der Waals surface area (Å²) in [5, 5.41) is 2.68. The molecule has 0 atom stereocenters. The minimum Gasteiger partial charge on any atom is -0.336 e. The van der Waals surface area contributed by atoms with Crippen LogP contribution in [0.5, 0.6) is 0 Å². The average Bonchev–Trinajstić information content (AvgIpc) is 2.28. The minimum absolute atomic E-state index is 0.0893. The van der Waals surface area contributed by atoms with Crippen LogP contribution in [0.15, 0.2) is 22.9 Å². The molecule has 1 N–H and O–H groups in total. The molecule has 0 spiro atoms. The number of nitrogens with zero attached hydrogens (tertiary/aromatic N) is 2. The number of halogens is 5. The van der Waals surface area contributed by atoms with Gasteiger partial charge in [0.15, 0.2) is 5.82 Å². The smallest absolute Gasteiger partial charge is 0.151 e. The van der Waals surface area contributed by atoms with Crippen molar-refractivity contribution in [3.8, 4) is 0 Å². The molecule has 1 heterocycles. The number of rotatable bonds is 2. The molecule has 1 aromatic carbocycles. The van der Waals surface area contributed by atoms with Gasteiger partial charge in [-0.1, -0.05) is 23.2 Å². The van der Waals surface area contributed by atoms with Crippen LogP contribution in [-0.4, -0.2) is 9.97 Å². The molecule has 0 aliphatic carbocycles. The van der Waals surface area contributed by atoms with Gasteiger partial charge in [-0.25, -0.2) is 18.7 Å². The second kappa shape index (κ2) is 5.34. The molecule has 0 unspecified atom stereocenters. The van der Waals surface area contributed by atoms with E-state index in [2.05, 4.69) is 31.2 Å². The lowest BCUT2D eigenvalue weighted by atomic mass is 10.3. The van der Waals surface area contributed by atoms with Gasteiger partial charge in [0.05, 0.1) is 15.2 Å². The molecule has 0 aliphatic rings. The highest BCUT2D eigenvalue weighted by Crippen LogP contribution is 2.33. The summed E-state index contributed by atoms with van der Waals surface area (Å²) in [6, 6.07) is 1.70. The first-order valence-electron chi connectivity index (χ1n) is 4.56. The van der Waals surface area contributed by atoms with E-state index in [9.17, 15) is 8.78 Å². The summed E-state index contributed by atoms with van der Waals surface area (Å²) in [5.41, 5.74) is -0.0893. The topological polar surface area (TPSA) is 37.8 Å². The van der Waals surface area contributed by atoms with E-state index in [1.807, 2.05) is 0 Å².